The lowest BCUT2D eigenvalue weighted by Gasteiger charge is -2.04. The van der Waals surface area contributed by atoms with E-state index in [1.54, 1.807) is 18.3 Å². The van der Waals surface area contributed by atoms with Gasteiger partial charge in [0.1, 0.15) is 5.82 Å². The fourth-order valence-corrected chi connectivity index (χ4v) is 1.47. The van der Waals surface area contributed by atoms with Gasteiger partial charge in [0, 0.05) is 18.9 Å². The summed E-state index contributed by atoms with van der Waals surface area (Å²) in [6, 6.07) is 6.03. The standard InChI is InChI=1S/C11H9FN2O2/c12-9-3-1-2-8(6-9)7-14-5-4-13-10(14)11(15)16/h1-6H,7H2,(H,15,16). The molecule has 1 N–H and O–H groups in total. The van der Waals surface area contributed by atoms with Crippen LogP contribution in [0.5, 0.6) is 0 Å². The number of carboxylic acids is 1. The monoisotopic (exact) mass is 220 g/mol. The average molecular weight is 220 g/mol. The lowest BCUT2D eigenvalue weighted by Crippen LogP contribution is -2.10. The summed E-state index contributed by atoms with van der Waals surface area (Å²) < 4.78 is 14.4. The minimum Gasteiger partial charge on any atom is -0.475 e. The van der Waals surface area contributed by atoms with E-state index < -0.39 is 5.97 Å². The molecule has 2 aromatic rings. The molecule has 2 rings (SSSR count). The number of halogens is 1. The maximum absolute atomic E-state index is 12.9. The molecule has 0 aliphatic heterocycles. The van der Waals surface area contributed by atoms with Crippen molar-refractivity contribution in [2.24, 2.45) is 0 Å². The first kappa shape index (κ1) is 10.4. The van der Waals surface area contributed by atoms with E-state index in [-0.39, 0.29) is 11.6 Å². The van der Waals surface area contributed by atoms with Crippen LogP contribution in [0.15, 0.2) is 36.7 Å². The van der Waals surface area contributed by atoms with Crippen molar-refractivity contribution in [3.8, 4) is 0 Å². The number of rotatable bonds is 3. The van der Waals surface area contributed by atoms with Gasteiger partial charge in [0.2, 0.25) is 5.82 Å². The molecule has 1 aromatic heterocycles. The highest BCUT2D eigenvalue weighted by Gasteiger charge is 2.10. The van der Waals surface area contributed by atoms with Crippen molar-refractivity contribution < 1.29 is 14.3 Å². The van der Waals surface area contributed by atoms with Crippen molar-refractivity contribution in [1.29, 1.82) is 0 Å². The largest absolute Gasteiger partial charge is 0.475 e. The van der Waals surface area contributed by atoms with Crippen molar-refractivity contribution in [3.63, 3.8) is 0 Å². The molecule has 1 heterocycles. The second-order valence-corrected chi connectivity index (χ2v) is 3.31. The maximum atomic E-state index is 12.9. The molecule has 0 spiro atoms. The van der Waals surface area contributed by atoms with Gasteiger partial charge < -0.3 is 9.67 Å². The van der Waals surface area contributed by atoms with Crippen molar-refractivity contribution in [1.82, 2.24) is 9.55 Å². The molecule has 5 heteroatoms. The highest BCUT2D eigenvalue weighted by molar-refractivity contribution is 5.83. The predicted octanol–water partition coefficient (Wildman–Crippen LogP) is 1.77. The van der Waals surface area contributed by atoms with Gasteiger partial charge >= 0.3 is 5.97 Å². The molecule has 16 heavy (non-hydrogen) atoms. The van der Waals surface area contributed by atoms with Gasteiger partial charge in [-0.05, 0) is 17.7 Å². The third-order valence-corrected chi connectivity index (χ3v) is 2.15. The molecule has 4 nitrogen and oxygen atoms in total. The maximum Gasteiger partial charge on any atom is 0.372 e. The van der Waals surface area contributed by atoms with Crippen molar-refractivity contribution in [3.05, 3.63) is 53.9 Å². The molecule has 0 amide bonds. The fourth-order valence-electron chi connectivity index (χ4n) is 1.47. The lowest BCUT2D eigenvalue weighted by molar-refractivity contribution is 0.0679. The van der Waals surface area contributed by atoms with Crippen LogP contribution in [-0.2, 0) is 6.54 Å². The highest BCUT2D eigenvalue weighted by atomic mass is 19.1. The Hall–Kier alpha value is -2.17. The summed E-state index contributed by atoms with van der Waals surface area (Å²) in [4.78, 5) is 14.5. The molecule has 0 aliphatic carbocycles. The Kier molecular flexibility index (Phi) is 2.68. The number of nitrogens with zero attached hydrogens (tertiary/aromatic N) is 2. The van der Waals surface area contributed by atoms with E-state index in [4.69, 9.17) is 5.11 Å². The minimum absolute atomic E-state index is 0.0516. The topological polar surface area (TPSA) is 55.1 Å². The molecular weight excluding hydrogens is 211 g/mol. The van der Waals surface area contributed by atoms with Gasteiger partial charge in [-0.3, -0.25) is 0 Å². The molecule has 0 atom stereocenters. The number of hydrogen-bond acceptors (Lipinski definition) is 2. The number of carboxylic acid groups (broad SMARTS) is 1. The third-order valence-electron chi connectivity index (χ3n) is 2.15. The summed E-state index contributed by atoms with van der Waals surface area (Å²) in [5, 5.41) is 8.83. The summed E-state index contributed by atoms with van der Waals surface area (Å²) in [5.41, 5.74) is 0.695. The van der Waals surface area contributed by atoms with Crippen LogP contribution in [0.1, 0.15) is 16.2 Å². The number of benzene rings is 1. The first-order valence-electron chi connectivity index (χ1n) is 4.65. The summed E-state index contributed by atoms with van der Waals surface area (Å²) in [6.45, 7) is 0.291. The van der Waals surface area contributed by atoms with Crippen LogP contribution in [0, 0.1) is 5.82 Å². The molecule has 0 saturated carbocycles. The fraction of sp³-hybridized carbons (Fsp3) is 0.0909. The molecule has 82 valence electrons. The Morgan fingerprint density at radius 2 is 2.31 bits per heavy atom. The second-order valence-electron chi connectivity index (χ2n) is 3.31. The first-order chi connectivity index (χ1) is 7.66. The van der Waals surface area contributed by atoms with Gasteiger partial charge in [-0.2, -0.15) is 0 Å². The van der Waals surface area contributed by atoms with E-state index in [0.29, 0.717) is 12.1 Å². The molecule has 0 bridgehead atoms. The number of carbonyl (C=O) groups is 1. The SMILES string of the molecule is O=C(O)c1nccn1Cc1cccc(F)c1. The van der Waals surface area contributed by atoms with Gasteiger partial charge in [0.15, 0.2) is 0 Å². The number of aromatic nitrogens is 2. The summed E-state index contributed by atoms with van der Waals surface area (Å²) in [7, 11) is 0. The van der Waals surface area contributed by atoms with E-state index in [0.717, 1.165) is 0 Å². The quantitative estimate of drug-likeness (QED) is 0.857. The van der Waals surface area contributed by atoms with Crippen LogP contribution in [0.4, 0.5) is 4.39 Å². The summed E-state index contributed by atoms with van der Waals surface area (Å²) in [6.07, 6.45) is 2.96. The Balaban J connectivity index is 2.27. The van der Waals surface area contributed by atoms with Crippen molar-refractivity contribution >= 4 is 5.97 Å². The van der Waals surface area contributed by atoms with E-state index in [1.807, 2.05) is 0 Å². The van der Waals surface area contributed by atoms with E-state index in [9.17, 15) is 9.18 Å². The molecule has 0 fully saturated rings. The van der Waals surface area contributed by atoms with Crippen LogP contribution in [-0.4, -0.2) is 20.6 Å². The van der Waals surface area contributed by atoms with Crippen molar-refractivity contribution in [2.45, 2.75) is 6.54 Å². The summed E-state index contributed by atoms with van der Waals surface area (Å²) in [5.74, 6) is -1.49. The van der Waals surface area contributed by atoms with E-state index in [1.165, 1.54) is 22.9 Å². The van der Waals surface area contributed by atoms with E-state index in [2.05, 4.69) is 4.98 Å². The third kappa shape index (κ3) is 2.08. The summed E-state index contributed by atoms with van der Waals surface area (Å²) >= 11 is 0. The predicted molar refractivity (Wildman–Crippen MR) is 54.7 cm³/mol. The average Bonchev–Trinajstić information content (AvgIpc) is 2.66. The van der Waals surface area contributed by atoms with E-state index >= 15 is 0 Å². The van der Waals surface area contributed by atoms with Gasteiger partial charge in [0.05, 0.1) is 0 Å². The van der Waals surface area contributed by atoms with Gasteiger partial charge in [-0.25, -0.2) is 14.2 Å². The van der Waals surface area contributed by atoms with Gasteiger partial charge in [0.25, 0.3) is 0 Å². The molecule has 0 radical (unpaired) electrons. The molecule has 0 saturated heterocycles. The smallest absolute Gasteiger partial charge is 0.372 e. The van der Waals surface area contributed by atoms with Crippen LogP contribution in [0.3, 0.4) is 0 Å². The molecule has 0 unspecified atom stereocenters. The van der Waals surface area contributed by atoms with Gasteiger partial charge in [-0.1, -0.05) is 12.1 Å². The molecule has 0 aliphatic rings. The zero-order valence-electron chi connectivity index (χ0n) is 8.30. The minimum atomic E-state index is -1.10. The number of imidazole rings is 1. The lowest BCUT2D eigenvalue weighted by atomic mass is 10.2. The Bertz CT molecular complexity index is 522. The van der Waals surface area contributed by atoms with Crippen LogP contribution in [0.2, 0.25) is 0 Å². The Morgan fingerprint density at radius 3 is 3.00 bits per heavy atom. The van der Waals surface area contributed by atoms with Crippen molar-refractivity contribution in [2.75, 3.05) is 0 Å². The van der Waals surface area contributed by atoms with Crippen LogP contribution in [0.25, 0.3) is 0 Å². The van der Waals surface area contributed by atoms with Crippen LogP contribution >= 0.6 is 0 Å². The zero-order valence-corrected chi connectivity index (χ0v) is 8.30. The Morgan fingerprint density at radius 1 is 1.50 bits per heavy atom. The molecule has 1 aromatic carbocycles. The normalized spacial score (nSPS) is 10.3. The first-order valence-corrected chi connectivity index (χ1v) is 4.65. The number of aromatic carboxylic acids is 1. The number of hydrogen-bond donors (Lipinski definition) is 1. The molecular formula is C11H9FN2O2. The van der Waals surface area contributed by atoms with Gasteiger partial charge in [-0.15, -0.1) is 0 Å². The zero-order chi connectivity index (χ0) is 11.5. The highest BCUT2D eigenvalue weighted by Crippen LogP contribution is 2.07. The Labute approximate surface area is 91.0 Å². The van der Waals surface area contributed by atoms with Crippen LogP contribution < -0.4 is 0 Å². The second kappa shape index (κ2) is 4.14.